The van der Waals surface area contributed by atoms with Gasteiger partial charge in [-0.25, -0.2) is 9.18 Å². The van der Waals surface area contributed by atoms with Gasteiger partial charge in [0.25, 0.3) is 0 Å². The minimum absolute atomic E-state index is 0.145. The van der Waals surface area contributed by atoms with Crippen molar-refractivity contribution in [2.24, 2.45) is 0 Å². The number of carbonyl (C=O) groups is 2. The zero-order valence-electron chi connectivity index (χ0n) is 18.7. The molecule has 1 aliphatic heterocycles. The molecule has 1 aliphatic rings. The Morgan fingerprint density at radius 2 is 1.88 bits per heavy atom. The molecule has 0 aliphatic carbocycles. The summed E-state index contributed by atoms with van der Waals surface area (Å²) < 4.78 is 25.5. The Morgan fingerprint density at radius 3 is 2.50 bits per heavy atom. The summed E-state index contributed by atoms with van der Waals surface area (Å²) in [7, 11) is 0. The number of ether oxygens (including phenoxy) is 2. The lowest BCUT2D eigenvalue weighted by atomic mass is 9.81. The van der Waals surface area contributed by atoms with Gasteiger partial charge in [0, 0.05) is 30.9 Å². The van der Waals surface area contributed by atoms with E-state index in [1.165, 1.54) is 19.1 Å². The van der Waals surface area contributed by atoms with Crippen LogP contribution in [0.2, 0.25) is 0 Å². The van der Waals surface area contributed by atoms with E-state index in [0.717, 1.165) is 29.5 Å². The van der Waals surface area contributed by atoms with Gasteiger partial charge in [0.1, 0.15) is 11.6 Å². The Bertz CT molecular complexity index is 961. The number of carbonyl (C=O) groups excluding carboxylic acids is 1. The van der Waals surface area contributed by atoms with Crippen molar-refractivity contribution in [1.82, 2.24) is 5.32 Å². The van der Waals surface area contributed by atoms with Crippen LogP contribution in [0.3, 0.4) is 0 Å². The van der Waals surface area contributed by atoms with Crippen LogP contribution >= 0.6 is 0 Å². The molecule has 1 fully saturated rings. The summed E-state index contributed by atoms with van der Waals surface area (Å²) in [5.41, 5.74) is 2.09. The molecule has 3 atom stereocenters. The van der Waals surface area contributed by atoms with Gasteiger partial charge in [-0.2, -0.15) is 0 Å². The average molecular weight is 444 g/mol. The van der Waals surface area contributed by atoms with Crippen molar-refractivity contribution < 1.29 is 28.6 Å². The summed E-state index contributed by atoms with van der Waals surface area (Å²) in [6, 6.07) is 11.9. The van der Waals surface area contributed by atoms with Crippen molar-refractivity contribution in [1.29, 1.82) is 0 Å². The lowest BCUT2D eigenvalue weighted by molar-refractivity contribution is -0.139. The maximum Gasteiger partial charge on any atom is 0.341 e. The molecule has 32 heavy (non-hydrogen) atoms. The van der Waals surface area contributed by atoms with Crippen LogP contribution in [0.15, 0.2) is 42.5 Å². The van der Waals surface area contributed by atoms with E-state index >= 15 is 0 Å². The summed E-state index contributed by atoms with van der Waals surface area (Å²) in [4.78, 5) is 23.0. The smallest absolute Gasteiger partial charge is 0.341 e. The maximum absolute atomic E-state index is 13.5. The molecule has 7 heteroatoms. The topological polar surface area (TPSA) is 84.9 Å². The molecule has 0 spiro atoms. The molecule has 1 heterocycles. The highest BCUT2D eigenvalue weighted by Crippen LogP contribution is 2.46. The zero-order valence-corrected chi connectivity index (χ0v) is 18.7. The van der Waals surface area contributed by atoms with E-state index in [-0.39, 0.29) is 17.8 Å². The molecule has 1 saturated heterocycles. The third-order valence-electron chi connectivity index (χ3n) is 5.63. The largest absolute Gasteiger partial charge is 0.482 e. The molecule has 2 aromatic rings. The van der Waals surface area contributed by atoms with Gasteiger partial charge in [0.15, 0.2) is 6.61 Å². The summed E-state index contributed by atoms with van der Waals surface area (Å²) >= 11 is 0. The van der Waals surface area contributed by atoms with Gasteiger partial charge in [-0.3, -0.25) is 4.79 Å². The minimum Gasteiger partial charge on any atom is -0.482 e. The van der Waals surface area contributed by atoms with Gasteiger partial charge in [0.2, 0.25) is 5.91 Å². The summed E-state index contributed by atoms with van der Waals surface area (Å²) in [6.07, 6.45) is 2.01. The van der Waals surface area contributed by atoms with Crippen molar-refractivity contribution in [2.45, 2.75) is 64.2 Å². The summed E-state index contributed by atoms with van der Waals surface area (Å²) in [5, 5.41) is 12.1. The second-order valence-electron chi connectivity index (χ2n) is 8.62. The molecule has 1 amide bonds. The number of nitrogens with one attached hydrogen (secondary N) is 1. The first-order valence-electron chi connectivity index (χ1n) is 10.9. The number of benzene rings is 2. The predicted octanol–water partition coefficient (Wildman–Crippen LogP) is 4.73. The fraction of sp³-hybridized carbons (Fsp3) is 0.440. The monoisotopic (exact) mass is 443 g/mol. The molecule has 0 bridgehead atoms. The molecule has 0 radical (unpaired) electrons. The molecule has 0 unspecified atom stereocenters. The van der Waals surface area contributed by atoms with E-state index in [1.807, 2.05) is 19.1 Å². The molecular weight excluding hydrogens is 413 g/mol. The normalized spacial score (nSPS) is 22.9. The van der Waals surface area contributed by atoms with Crippen molar-refractivity contribution in [3.05, 3.63) is 65.0 Å². The second kappa shape index (κ2) is 10.1. The molecular formula is C25H30FNO5. The molecule has 6 nitrogen and oxygen atoms in total. The first kappa shape index (κ1) is 23.7. The third-order valence-corrected chi connectivity index (χ3v) is 5.63. The Hall–Kier alpha value is -2.93. The molecule has 2 N–H and O–H groups in total. The average Bonchev–Trinajstić information content (AvgIpc) is 2.72. The number of carboxylic acids is 1. The number of halogens is 1. The Labute approximate surface area is 187 Å². The summed E-state index contributed by atoms with van der Waals surface area (Å²) in [5.74, 6) is -1.09. The van der Waals surface area contributed by atoms with E-state index in [1.54, 1.807) is 18.2 Å². The lowest BCUT2D eigenvalue weighted by Crippen LogP contribution is -2.50. The van der Waals surface area contributed by atoms with Crippen LogP contribution in [0.5, 0.6) is 5.75 Å². The number of rotatable bonds is 8. The highest BCUT2D eigenvalue weighted by Gasteiger charge is 2.40. The Balaban J connectivity index is 2.00. The Kier molecular flexibility index (Phi) is 7.51. The molecule has 0 saturated carbocycles. The fourth-order valence-electron chi connectivity index (χ4n) is 4.35. The minimum atomic E-state index is -1.06. The summed E-state index contributed by atoms with van der Waals surface area (Å²) in [6.45, 7) is 5.07. The van der Waals surface area contributed by atoms with Crippen LogP contribution in [0.1, 0.15) is 68.9 Å². The molecule has 3 rings (SSSR count). The number of hydrogen-bond donors (Lipinski definition) is 2. The van der Waals surface area contributed by atoms with Crippen molar-refractivity contribution in [3.63, 3.8) is 0 Å². The van der Waals surface area contributed by atoms with Crippen LogP contribution in [0, 0.1) is 5.82 Å². The fourth-order valence-corrected chi connectivity index (χ4v) is 4.35. The van der Waals surface area contributed by atoms with Gasteiger partial charge in [-0.15, -0.1) is 0 Å². The number of aryl methyl sites for hydroxylation is 1. The highest BCUT2D eigenvalue weighted by atomic mass is 19.1. The van der Waals surface area contributed by atoms with E-state index in [0.29, 0.717) is 18.6 Å². The SMILES string of the molecule is CCCc1ccc(OCC(=O)O)c([C@H]2C[C@@](C)(NC(C)=O)C[C@@H](c3ccc(F)cc3)O2)c1. The van der Waals surface area contributed by atoms with Crippen LogP contribution in [0.25, 0.3) is 0 Å². The van der Waals surface area contributed by atoms with Crippen LogP contribution in [-0.4, -0.2) is 29.1 Å². The van der Waals surface area contributed by atoms with Crippen LogP contribution in [0.4, 0.5) is 4.39 Å². The predicted molar refractivity (Wildman–Crippen MR) is 118 cm³/mol. The first-order valence-corrected chi connectivity index (χ1v) is 10.9. The second-order valence-corrected chi connectivity index (χ2v) is 8.62. The quantitative estimate of drug-likeness (QED) is 0.616. The third kappa shape index (κ3) is 6.07. The molecule has 172 valence electrons. The van der Waals surface area contributed by atoms with Crippen molar-refractivity contribution in [2.75, 3.05) is 6.61 Å². The highest BCUT2D eigenvalue weighted by molar-refractivity contribution is 5.73. The van der Waals surface area contributed by atoms with Gasteiger partial charge in [0.05, 0.1) is 12.2 Å². The zero-order chi connectivity index (χ0) is 23.3. The maximum atomic E-state index is 13.5. The van der Waals surface area contributed by atoms with E-state index in [2.05, 4.69) is 12.2 Å². The van der Waals surface area contributed by atoms with Crippen LogP contribution < -0.4 is 10.1 Å². The van der Waals surface area contributed by atoms with Gasteiger partial charge >= 0.3 is 5.97 Å². The van der Waals surface area contributed by atoms with E-state index in [4.69, 9.17) is 14.6 Å². The van der Waals surface area contributed by atoms with Gasteiger partial charge in [-0.1, -0.05) is 31.5 Å². The van der Waals surface area contributed by atoms with Crippen molar-refractivity contribution in [3.8, 4) is 5.75 Å². The number of hydrogen-bond acceptors (Lipinski definition) is 4. The standard InChI is InChI=1S/C25H30FNO5/c1-4-5-17-6-11-21(31-15-24(29)30)20(12-17)23-14-25(3,27-16(2)28)13-22(32-23)18-7-9-19(26)10-8-18/h6-12,22-23H,4-5,13-15H2,1-3H3,(H,27,28)(H,29,30)/t22-,23+,25-/m0/s1. The molecule has 0 aromatic heterocycles. The van der Waals surface area contributed by atoms with Gasteiger partial charge < -0.3 is 19.9 Å². The number of amides is 1. The number of aliphatic carboxylic acids is 1. The van der Waals surface area contributed by atoms with Crippen LogP contribution in [-0.2, 0) is 20.7 Å². The van der Waals surface area contributed by atoms with E-state index < -0.39 is 24.2 Å². The van der Waals surface area contributed by atoms with E-state index in [9.17, 15) is 14.0 Å². The van der Waals surface area contributed by atoms with Gasteiger partial charge in [-0.05, 0) is 48.7 Å². The Morgan fingerprint density at radius 1 is 1.19 bits per heavy atom. The van der Waals surface area contributed by atoms with Crippen molar-refractivity contribution >= 4 is 11.9 Å². The number of carboxylic acid groups (broad SMARTS) is 1. The lowest BCUT2D eigenvalue weighted by Gasteiger charge is -2.43. The molecule has 2 aromatic carbocycles. The first-order chi connectivity index (χ1) is 15.2.